The molecule has 0 aliphatic heterocycles. The van der Waals surface area contributed by atoms with Crippen LogP contribution in [0.2, 0.25) is 0 Å². The van der Waals surface area contributed by atoms with Gasteiger partial charge in [-0.15, -0.1) is 0 Å². The van der Waals surface area contributed by atoms with Crippen LogP contribution in [-0.2, 0) is 6.61 Å². The number of non-ortho nitro benzene ring substituents is 1. The summed E-state index contributed by atoms with van der Waals surface area (Å²) in [6.45, 7) is 1.95. The van der Waals surface area contributed by atoms with Crippen molar-refractivity contribution in [2.75, 3.05) is 11.4 Å². The molecular weight excluding hydrogens is 275 g/mol. The van der Waals surface area contributed by atoms with Crippen LogP contribution in [0.15, 0.2) is 42.5 Å². The minimum atomic E-state index is -0.525. The third-order valence-electron chi connectivity index (χ3n) is 3.19. The molecule has 0 fully saturated rings. The first-order valence-corrected chi connectivity index (χ1v) is 6.48. The standard InChI is InChI=1S/C15H15FN2O3/c1-2-17(15-6-4-3-5-13(15)16)14-8-7-12(18(20)21)9-11(14)10-19/h3-9,19H,2,10H2,1H3. The fourth-order valence-electron chi connectivity index (χ4n) is 2.22. The van der Waals surface area contributed by atoms with Crippen molar-refractivity contribution in [3.63, 3.8) is 0 Å². The summed E-state index contributed by atoms with van der Waals surface area (Å²) in [5, 5.41) is 20.2. The second-order valence-corrected chi connectivity index (χ2v) is 4.42. The maximum absolute atomic E-state index is 13.9. The van der Waals surface area contributed by atoms with Crippen LogP contribution in [0.1, 0.15) is 12.5 Å². The molecule has 0 aliphatic rings. The van der Waals surface area contributed by atoms with Crippen molar-refractivity contribution in [3.05, 3.63) is 64.0 Å². The maximum atomic E-state index is 13.9. The van der Waals surface area contributed by atoms with E-state index in [2.05, 4.69) is 0 Å². The lowest BCUT2D eigenvalue weighted by Gasteiger charge is -2.25. The molecule has 0 saturated carbocycles. The zero-order valence-electron chi connectivity index (χ0n) is 11.5. The Hall–Kier alpha value is -2.47. The van der Waals surface area contributed by atoms with E-state index in [4.69, 9.17) is 0 Å². The number of rotatable bonds is 5. The number of benzene rings is 2. The van der Waals surface area contributed by atoms with Gasteiger partial charge in [0.2, 0.25) is 0 Å². The molecular formula is C15H15FN2O3. The zero-order valence-corrected chi connectivity index (χ0v) is 11.5. The van der Waals surface area contributed by atoms with E-state index in [1.165, 1.54) is 24.3 Å². The Kier molecular flexibility index (Phi) is 4.49. The van der Waals surface area contributed by atoms with Gasteiger partial charge in [0, 0.05) is 29.9 Å². The molecule has 21 heavy (non-hydrogen) atoms. The summed E-state index contributed by atoms with van der Waals surface area (Å²) in [5.74, 6) is -0.387. The number of aliphatic hydroxyl groups excluding tert-OH is 1. The van der Waals surface area contributed by atoms with Crippen molar-refractivity contribution in [2.45, 2.75) is 13.5 Å². The number of hydrogen-bond donors (Lipinski definition) is 1. The molecule has 0 saturated heterocycles. The first-order chi connectivity index (χ1) is 10.1. The third kappa shape index (κ3) is 3.00. The van der Waals surface area contributed by atoms with E-state index >= 15 is 0 Å². The lowest BCUT2D eigenvalue weighted by molar-refractivity contribution is -0.384. The van der Waals surface area contributed by atoms with Gasteiger partial charge in [0.1, 0.15) is 5.82 Å². The van der Waals surface area contributed by atoms with Crippen LogP contribution in [0.4, 0.5) is 21.5 Å². The quantitative estimate of drug-likeness (QED) is 0.677. The van der Waals surface area contributed by atoms with Gasteiger partial charge in [0.25, 0.3) is 5.69 Å². The monoisotopic (exact) mass is 290 g/mol. The van der Waals surface area contributed by atoms with Gasteiger partial charge in [-0.05, 0) is 25.1 Å². The highest BCUT2D eigenvalue weighted by Gasteiger charge is 2.17. The van der Waals surface area contributed by atoms with Gasteiger partial charge in [0.05, 0.1) is 17.2 Å². The number of anilines is 2. The first kappa shape index (κ1) is 14.9. The SMILES string of the molecule is CCN(c1ccccc1F)c1ccc([N+](=O)[O-])cc1CO. The lowest BCUT2D eigenvalue weighted by Crippen LogP contribution is -2.19. The summed E-state index contributed by atoms with van der Waals surface area (Å²) in [6.07, 6.45) is 0. The fourth-order valence-corrected chi connectivity index (χ4v) is 2.22. The molecule has 0 radical (unpaired) electrons. The van der Waals surface area contributed by atoms with E-state index < -0.39 is 4.92 Å². The molecule has 0 aliphatic carbocycles. The average molecular weight is 290 g/mol. The van der Waals surface area contributed by atoms with Crippen LogP contribution < -0.4 is 4.90 Å². The molecule has 0 spiro atoms. The van der Waals surface area contributed by atoms with E-state index in [0.29, 0.717) is 23.5 Å². The van der Waals surface area contributed by atoms with Crippen LogP contribution in [0, 0.1) is 15.9 Å². The molecule has 0 heterocycles. The van der Waals surface area contributed by atoms with Gasteiger partial charge in [-0.25, -0.2) is 4.39 Å². The van der Waals surface area contributed by atoms with Crippen LogP contribution in [0.5, 0.6) is 0 Å². The highest BCUT2D eigenvalue weighted by atomic mass is 19.1. The Morgan fingerprint density at radius 1 is 1.24 bits per heavy atom. The molecule has 110 valence electrons. The molecule has 5 nitrogen and oxygen atoms in total. The Labute approximate surface area is 121 Å². The van der Waals surface area contributed by atoms with Gasteiger partial charge in [0.15, 0.2) is 0 Å². The highest BCUT2D eigenvalue weighted by Crippen LogP contribution is 2.32. The minimum Gasteiger partial charge on any atom is -0.392 e. The van der Waals surface area contributed by atoms with Crippen molar-refractivity contribution in [1.82, 2.24) is 0 Å². The molecule has 0 amide bonds. The van der Waals surface area contributed by atoms with Crippen molar-refractivity contribution in [1.29, 1.82) is 0 Å². The molecule has 0 atom stereocenters. The number of nitro benzene ring substituents is 1. The van der Waals surface area contributed by atoms with E-state index in [9.17, 15) is 19.6 Å². The molecule has 2 aromatic rings. The second kappa shape index (κ2) is 6.32. The molecule has 1 N–H and O–H groups in total. The molecule has 2 rings (SSSR count). The molecule has 6 heteroatoms. The lowest BCUT2D eigenvalue weighted by atomic mass is 10.1. The number of para-hydroxylation sites is 1. The van der Waals surface area contributed by atoms with Crippen LogP contribution in [-0.4, -0.2) is 16.6 Å². The van der Waals surface area contributed by atoms with E-state index in [0.717, 1.165) is 0 Å². The first-order valence-electron chi connectivity index (χ1n) is 6.48. The Balaban J connectivity index is 2.52. The summed E-state index contributed by atoms with van der Waals surface area (Å²) in [6, 6.07) is 10.5. The highest BCUT2D eigenvalue weighted by molar-refractivity contribution is 5.68. The van der Waals surface area contributed by atoms with Crippen molar-refractivity contribution < 1.29 is 14.4 Å². The number of hydrogen-bond acceptors (Lipinski definition) is 4. The normalized spacial score (nSPS) is 10.4. The van der Waals surface area contributed by atoms with Gasteiger partial charge in [-0.1, -0.05) is 12.1 Å². The van der Waals surface area contributed by atoms with Crippen LogP contribution >= 0.6 is 0 Å². The summed E-state index contributed by atoms with van der Waals surface area (Å²) < 4.78 is 13.9. The Morgan fingerprint density at radius 3 is 2.52 bits per heavy atom. The third-order valence-corrected chi connectivity index (χ3v) is 3.19. The fraction of sp³-hybridized carbons (Fsp3) is 0.200. The predicted octanol–water partition coefficient (Wildman–Crippen LogP) is 3.38. The summed E-state index contributed by atoms with van der Waals surface area (Å²) in [5.41, 5.74) is 1.20. The summed E-state index contributed by atoms with van der Waals surface area (Å²) >= 11 is 0. The number of nitro groups is 1. The number of halogens is 1. The number of aliphatic hydroxyl groups is 1. The van der Waals surface area contributed by atoms with E-state index in [1.807, 2.05) is 6.92 Å². The maximum Gasteiger partial charge on any atom is 0.269 e. The largest absolute Gasteiger partial charge is 0.392 e. The topological polar surface area (TPSA) is 66.6 Å². The summed E-state index contributed by atoms with van der Waals surface area (Å²) in [4.78, 5) is 11.9. The molecule has 0 aromatic heterocycles. The average Bonchev–Trinajstić information content (AvgIpc) is 2.49. The van der Waals surface area contributed by atoms with Gasteiger partial charge >= 0.3 is 0 Å². The van der Waals surface area contributed by atoms with Crippen molar-refractivity contribution in [2.24, 2.45) is 0 Å². The second-order valence-electron chi connectivity index (χ2n) is 4.42. The van der Waals surface area contributed by atoms with E-state index in [-0.39, 0.29) is 18.1 Å². The van der Waals surface area contributed by atoms with Gasteiger partial charge in [-0.3, -0.25) is 10.1 Å². The van der Waals surface area contributed by atoms with Crippen LogP contribution in [0.3, 0.4) is 0 Å². The predicted molar refractivity (Wildman–Crippen MR) is 78.1 cm³/mol. The summed E-state index contributed by atoms with van der Waals surface area (Å²) in [7, 11) is 0. The van der Waals surface area contributed by atoms with Crippen molar-refractivity contribution >= 4 is 17.1 Å². The smallest absolute Gasteiger partial charge is 0.269 e. The van der Waals surface area contributed by atoms with Crippen molar-refractivity contribution in [3.8, 4) is 0 Å². The van der Waals surface area contributed by atoms with Crippen LogP contribution in [0.25, 0.3) is 0 Å². The van der Waals surface area contributed by atoms with Gasteiger partial charge in [-0.2, -0.15) is 0 Å². The minimum absolute atomic E-state index is 0.104. The molecule has 2 aromatic carbocycles. The Morgan fingerprint density at radius 2 is 1.95 bits per heavy atom. The molecule has 0 bridgehead atoms. The molecule has 0 unspecified atom stereocenters. The Bertz CT molecular complexity index is 661. The number of nitrogens with zero attached hydrogens (tertiary/aromatic N) is 2. The van der Waals surface area contributed by atoms with E-state index in [1.54, 1.807) is 23.1 Å². The zero-order chi connectivity index (χ0) is 15.4. The van der Waals surface area contributed by atoms with Gasteiger partial charge < -0.3 is 10.0 Å².